The lowest BCUT2D eigenvalue weighted by Gasteiger charge is -2.11. The molecule has 0 fully saturated rings. The van der Waals surface area contributed by atoms with Gasteiger partial charge in [-0.15, -0.1) is 11.8 Å². The minimum Gasteiger partial charge on any atom is -0.370 e. The third kappa shape index (κ3) is 4.70. The van der Waals surface area contributed by atoms with Crippen LogP contribution < -0.4 is 5.32 Å². The van der Waals surface area contributed by atoms with Gasteiger partial charge in [-0.25, -0.2) is 14.4 Å². The Bertz CT molecular complexity index is 585. The van der Waals surface area contributed by atoms with E-state index in [1.165, 1.54) is 12.1 Å². The molecule has 2 rings (SSSR count). The summed E-state index contributed by atoms with van der Waals surface area (Å²) in [5, 5.41) is 3.24. The van der Waals surface area contributed by atoms with Crippen molar-refractivity contribution < 1.29 is 4.39 Å². The van der Waals surface area contributed by atoms with Gasteiger partial charge in [-0.05, 0) is 37.1 Å². The van der Waals surface area contributed by atoms with E-state index >= 15 is 0 Å². The van der Waals surface area contributed by atoms with E-state index in [-0.39, 0.29) is 5.82 Å². The molecule has 1 N–H and O–H groups in total. The van der Waals surface area contributed by atoms with Gasteiger partial charge in [0, 0.05) is 23.2 Å². The number of nitrogens with one attached hydrogen (secondary N) is 1. The van der Waals surface area contributed by atoms with Gasteiger partial charge in [-0.1, -0.05) is 13.8 Å². The van der Waals surface area contributed by atoms with Gasteiger partial charge >= 0.3 is 0 Å². The lowest BCUT2D eigenvalue weighted by Crippen LogP contribution is -2.06. The molecule has 5 heteroatoms. The fraction of sp³-hybridized carbons (Fsp3) is 0.375. The monoisotopic (exact) mass is 305 g/mol. The molecule has 0 aliphatic rings. The maximum absolute atomic E-state index is 12.9. The van der Waals surface area contributed by atoms with E-state index < -0.39 is 0 Å². The van der Waals surface area contributed by atoms with Crippen LogP contribution in [0.2, 0.25) is 0 Å². The molecule has 112 valence electrons. The molecule has 0 atom stereocenters. The zero-order valence-electron chi connectivity index (χ0n) is 12.6. The molecule has 2 aromatic rings. The number of anilines is 1. The summed E-state index contributed by atoms with van der Waals surface area (Å²) < 4.78 is 12.9. The van der Waals surface area contributed by atoms with Gasteiger partial charge in [0.15, 0.2) is 0 Å². The van der Waals surface area contributed by atoms with Gasteiger partial charge in [0.05, 0.1) is 5.75 Å². The Hall–Kier alpha value is -1.62. The average molecular weight is 305 g/mol. The third-order valence-corrected chi connectivity index (χ3v) is 3.93. The first kappa shape index (κ1) is 15.8. The van der Waals surface area contributed by atoms with Gasteiger partial charge in [0.2, 0.25) is 0 Å². The first-order chi connectivity index (χ1) is 10.1. The lowest BCUT2D eigenvalue weighted by atomic mass is 10.1. The largest absolute Gasteiger partial charge is 0.370 e. The Balaban J connectivity index is 2.12. The summed E-state index contributed by atoms with van der Waals surface area (Å²) in [6, 6.07) is 8.49. The van der Waals surface area contributed by atoms with Crippen LogP contribution in [-0.4, -0.2) is 16.5 Å². The number of hydrogen-bond donors (Lipinski definition) is 1. The van der Waals surface area contributed by atoms with Gasteiger partial charge in [-0.2, -0.15) is 0 Å². The minimum absolute atomic E-state index is 0.216. The van der Waals surface area contributed by atoms with Crippen LogP contribution in [0.3, 0.4) is 0 Å². The molecule has 21 heavy (non-hydrogen) atoms. The smallest absolute Gasteiger partial charge is 0.141 e. The molecule has 0 amide bonds. The number of hydrogen-bond acceptors (Lipinski definition) is 4. The zero-order chi connectivity index (χ0) is 15.2. The number of nitrogens with zero attached hydrogens (tertiary/aromatic N) is 2. The van der Waals surface area contributed by atoms with Crippen molar-refractivity contribution in [3.05, 3.63) is 47.7 Å². The van der Waals surface area contributed by atoms with Crippen LogP contribution in [0.4, 0.5) is 10.2 Å². The molecule has 0 aliphatic heterocycles. The van der Waals surface area contributed by atoms with Crippen LogP contribution in [0.5, 0.6) is 0 Å². The van der Waals surface area contributed by atoms with Gasteiger partial charge in [0.1, 0.15) is 17.5 Å². The topological polar surface area (TPSA) is 37.8 Å². The summed E-state index contributed by atoms with van der Waals surface area (Å²) in [7, 11) is 0. The molecule has 1 aromatic carbocycles. The summed E-state index contributed by atoms with van der Waals surface area (Å²) in [6.45, 7) is 7.12. The van der Waals surface area contributed by atoms with Crippen LogP contribution in [0.25, 0.3) is 0 Å². The molecule has 0 spiro atoms. The molecule has 0 bridgehead atoms. The van der Waals surface area contributed by atoms with Crippen molar-refractivity contribution in [1.29, 1.82) is 0 Å². The van der Waals surface area contributed by atoms with Crippen LogP contribution >= 0.6 is 11.8 Å². The minimum atomic E-state index is -0.216. The van der Waals surface area contributed by atoms with E-state index in [9.17, 15) is 4.39 Å². The van der Waals surface area contributed by atoms with E-state index in [0.29, 0.717) is 11.7 Å². The second-order valence-corrected chi connectivity index (χ2v) is 6.07. The number of rotatable bonds is 6. The fourth-order valence-corrected chi connectivity index (χ4v) is 2.58. The summed E-state index contributed by atoms with van der Waals surface area (Å²) in [5.41, 5.74) is 1.04. The molecule has 0 unspecified atom stereocenters. The summed E-state index contributed by atoms with van der Waals surface area (Å²) in [5.74, 6) is 2.48. The van der Waals surface area contributed by atoms with Crippen molar-refractivity contribution in [2.75, 3.05) is 11.9 Å². The maximum Gasteiger partial charge on any atom is 0.141 e. The highest BCUT2D eigenvalue weighted by atomic mass is 32.2. The van der Waals surface area contributed by atoms with Crippen molar-refractivity contribution in [2.24, 2.45) is 0 Å². The first-order valence-electron chi connectivity index (χ1n) is 7.08. The van der Waals surface area contributed by atoms with Crippen molar-refractivity contribution >= 4 is 17.6 Å². The Morgan fingerprint density at radius 2 is 1.90 bits per heavy atom. The number of halogens is 1. The molecule has 0 saturated carbocycles. The molecule has 0 aliphatic carbocycles. The van der Waals surface area contributed by atoms with Crippen molar-refractivity contribution in [3.63, 3.8) is 0 Å². The van der Waals surface area contributed by atoms with Gasteiger partial charge in [-0.3, -0.25) is 0 Å². The fourth-order valence-electron chi connectivity index (χ4n) is 1.83. The van der Waals surface area contributed by atoms with E-state index in [4.69, 9.17) is 0 Å². The zero-order valence-corrected chi connectivity index (χ0v) is 13.4. The van der Waals surface area contributed by atoms with E-state index in [2.05, 4.69) is 29.1 Å². The highest BCUT2D eigenvalue weighted by Crippen LogP contribution is 2.23. The van der Waals surface area contributed by atoms with Crippen LogP contribution in [0.1, 0.15) is 38.2 Å². The predicted octanol–water partition coefficient (Wildman–Crippen LogP) is 4.46. The third-order valence-electron chi connectivity index (χ3n) is 2.92. The standard InChI is InChI=1S/C16H20FN3S/c1-4-18-15-9-14(11(2)3)19-16(20-15)10-21-13-7-5-12(17)6-8-13/h5-9,11H,4,10H2,1-3H3,(H,18,19,20). The molecule has 3 nitrogen and oxygen atoms in total. The van der Waals surface area contributed by atoms with E-state index in [1.807, 2.05) is 13.0 Å². The van der Waals surface area contributed by atoms with Gasteiger partial charge in [0.25, 0.3) is 0 Å². The predicted molar refractivity (Wildman–Crippen MR) is 86.2 cm³/mol. The van der Waals surface area contributed by atoms with Crippen molar-refractivity contribution in [1.82, 2.24) is 9.97 Å². The molecular formula is C16H20FN3S. The van der Waals surface area contributed by atoms with Crippen molar-refractivity contribution in [2.45, 2.75) is 37.3 Å². The van der Waals surface area contributed by atoms with Crippen molar-refractivity contribution in [3.8, 4) is 0 Å². The SMILES string of the molecule is CCNc1cc(C(C)C)nc(CSc2ccc(F)cc2)n1. The maximum atomic E-state index is 12.9. The first-order valence-corrected chi connectivity index (χ1v) is 8.07. The average Bonchev–Trinajstić information content (AvgIpc) is 2.47. The second kappa shape index (κ2) is 7.41. The van der Waals surface area contributed by atoms with Crippen LogP contribution in [-0.2, 0) is 5.75 Å². The highest BCUT2D eigenvalue weighted by Gasteiger charge is 2.08. The molecule has 0 saturated heterocycles. The summed E-state index contributed by atoms with van der Waals surface area (Å²) >= 11 is 1.61. The highest BCUT2D eigenvalue weighted by molar-refractivity contribution is 7.98. The number of aromatic nitrogens is 2. The molecule has 1 aromatic heterocycles. The Morgan fingerprint density at radius 1 is 1.19 bits per heavy atom. The number of benzene rings is 1. The number of thioether (sulfide) groups is 1. The van der Waals surface area contributed by atoms with Crippen LogP contribution in [0, 0.1) is 5.82 Å². The van der Waals surface area contributed by atoms with Crippen LogP contribution in [0.15, 0.2) is 35.2 Å². The Morgan fingerprint density at radius 3 is 2.52 bits per heavy atom. The van der Waals surface area contributed by atoms with E-state index in [1.54, 1.807) is 23.9 Å². The Labute approximate surface area is 129 Å². The molecular weight excluding hydrogens is 285 g/mol. The summed E-state index contributed by atoms with van der Waals surface area (Å²) in [4.78, 5) is 10.1. The molecule has 0 radical (unpaired) electrons. The van der Waals surface area contributed by atoms with E-state index in [0.717, 1.165) is 28.8 Å². The molecule has 1 heterocycles. The normalized spacial score (nSPS) is 10.9. The lowest BCUT2D eigenvalue weighted by molar-refractivity contribution is 0.626. The van der Waals surface area contributed by atoms with Gasteiger partial charge < -0.3 is 5.32 Å². The second-order valence-electron chi connectivity index (χ2n) is 5.02. The Kier molecular flexibility index (Phi) is 5.56. The summed E-state index contributed by atoms with van der Waals surface area (Å²) in [6.07, 6.45) is 0. The quantitative estimate of drug-likeness (QED) is 0.799.